The molecule has 0 bridgehead atoms. The molecule has 144 valence electrons. The third-order valence-corrected chi connectivity index (χ3v) is 4.49. The first-order valence-corrected chi connectivity index (χ1v) is 9.16. The average Bonchev–Trinajstić information content (AvgIpc) is 3.21. The summed E-state index contributed by atoms with van der Waals surface area (Å²) in [7, 11) is 3.12. The van der Waals surface area contributed by atoms with Gasteiger partial charge in [-0.15, -0.1) is 10.2 Å². The molecule has 0 saturated heterocycles. The van der Waals surface area contributed by atoms with Crippen LogP contribution in [0.15, 0.2) is 58.2 Å². The second kappa shape index (κ2) is 9.05. The fourth-order valence-electron chi connectivity index (χ4n) is 2.22. The van der Waals surface area contributed by atoms with Gasteiger partial charge in [-0.05, 0) is 48.5 Å². The summed E-state index contributed by atoms with van der Waals surface area (Å²) in [6.07, 6.45) is 0. The van der Waals surface area contributed by atoms with E-state index in [0.717, 1.165) is 23.1 Å². The van der Waals surface area contributed by atoms with Crippen molar-refractivity contribution in [3.63, 3.8) is 0 Å². The van der Waals surface area contributed by atoms with E-state index in [9.17, 15) is 9.59 Å². The molecule has 0 radical (unpaired) electrons. The number of aromatic nitrogens is 2. The van der Waals surface area contributed by atoms with E-state index in [1.165, 1.54) is 7.11 Å². The van der Waals surface area contributed by atoms with Crippen molar-refractivity contribution in [2.75, 3.05) is 20.0 Å². The van der Waals surface area contributed by atoms with Crippen molar-refractivity contribution in [2.24, 2.45) is 0 Å². The van der Waals surface area contributed by atoms with Gasteiger partial charge in [0.15, 0.2) is 0 Å². The SMILES string of the molecule is COc1ccc(C(=O)NC(=O)CSc2nnc(-c3ccc(OC)cc3)o2)cc1. The van der Waals surface area contributed by atoms with E-state index in [0.29, 0.717) is 17.2 Å². The van der Waals surface area contributed by atoms with E-state index in [1.54, 1.807) is 55.6 Å². The van der Waals surface area contributed by atoms with E-state index in [1.807, 2.05) is 0 Å². The summed E-state index contributed by atoms with van der Waals surface area (Å²) in [4.78, 5) is 24.1. The van der Waals surface area contributed by atoms with Gasteiger partial charge in [-0.2, -0.15) is 0 Å². The summed E-state index contributed by atoms with van der Waals surface area (Å²) in [5.74, 6) is 0.692. The van der Waals surface area contributed by atoms with E-state index >= 15 is 0 Å². The Bertz CT molecular complexity index is 954. The van der Waals surface area contributed by atoms with Crippen molar-refractivity contribution in [3.05, 3.63) is 54.1 Å². The van der Waals surface area contributed by atoms with Gasteiger partial charge in [-0.3, -0.25) is 14.9 Å². The lowest BCUT2D eigenvalue weighted by molar-refractivity contribution is -0.117. The van der Waals surface area contributed by atoms with Crippen LogP contribution in [-0.4, -0.2) is 42.0 Å². The van der Waals surface area contributed by atoms with Gasteiger partial charge < -0.3 is 13.9 Å². The molecule has 2 amide bonds. The number of amides is 2. The van der Waals surface area contributed by atoms with E-state index in [2.05, 4.69) is 15.5 Å². The predicted octanol–water partition coefficient (Wildman–Crippen LogP) is 2.80. The van der Waals surface area contributed by atoms with Crippen molar-refractivity contribution in [1.82, 2.24) is 15.5 Å². The molecule has 0 fully saturated rings. The zero-order valence-corrected chi connectivity index (χ0v) is 16.0. The van der Waals surface area contributed by atoms with Crippen molar-refractivity contribution in [2.45, 2.75) is 5.22 Å². The molecular weight excluding hydrogens is 382 g/mol. The lowest BCUT2D eigenvalue weighted by Crippen LogP contribution is -2.31. The van der Waals surface area contributed by atoms with Crippen molar-refractivity contribution in [1.29, 1.82) is 0 Å². The molecule has 0 aliphatic carbocycles. The Morgan fingerprint density at radius 3 is 2.18 bits per heavy atom. The number of carbonyl (C=O) groups excluding carboxylic acids is 2. The summed E-state index contributed by atoms with van der Waals surface area (Å²) in [5.41, 5.74) is 1.10. The van der Waals surface area contributed by atoms with E-state index in [-0.39, 0.29) is 11.0 Å². The third kappa shape index (κ3) is 4.89. The molecule has 1 heterocycles. The summed E-state index contributed by atoms with van der Waals surface area (Å²) < 4.78 is 15.7. The van der Waals surface area contributed by atoms with Gasteiger partial charge in [0.2, 0.25) is 11.8 Å². The minimum absolute atomic E-state index is 0.0356. The largest absolute Gasteiger partial charge is 0.497 e. The van der Waals surface area contributed by atoms with Gasteiger partial charge in [0.1, 0.15) is 11.5 Å². The molecular formula is C19H17N3O5S. The fourth-order valence-corrected chi connectivity index (χ4v) is 2.79. The number of hydrogen-bond acceptors (Lipinski definition) is 8. The first-order valence-electron chi connectivity index (χ1n) is 8.18. The summed E-state index contributed by atoms with van der Waals surface area (Å²) >= 11 is 1.05. The highest BCUT2D eigenvalue weighted by Crippen LogP contribution is 2.24. The number of benzene rings is 2. The number of ether oxygens (including phenoxy) is 2. The predicted molar refractivity (Wildman–Crippen MR) is 102 cm³/mol. The van der Waals surface area contributed by atoms with Crippen LogP contribution in [-0.2, 0) is 4.79 Å². The van der Waals surface area contributed by atoms with Gasteiger partial charge in [-0.1, -0.05) is 11.8 Å². The van der Waals surface area contributed by atoms with Gasteiger partial charge in [0.05, 0.1) is 20.0 Å². The molecule has 1 aromatic heterocycles. The molecule has 8 nitrogen and oxygen atoms in total. The van der Waals surface area contributed by atoms with Gasteiger partial charge >= 0.3 is 0 Å². The topological polar surface area (TPSA) is 104 Å². The lowest BCUT2D eigenvalue weighted by atomic mass is 10.2. The van der Waals surface area contributed by atoms with Crippen LogP contribution < -0.4 is 14.8 Å². The minimum atomic E-state index is -0.488. The van der Waals surface area contributed by atoms with Crippen molar-refractivity contribution >= 4 is 23.6 Å². The fraction of sp³-hybridized carbons (Fsp3) is 0.158. The second-order valence-corrected chi connectivity index (χ2v) is 6.42. The van der Waals surface area contributed by atoms with Gasteiger partial charge in [0.25, 0.3) is 11.1 Å². The Morgan fingerprint density at radius 2 is 1.57 bits per heavy atom. The number of imide groups is 1. The quantitative estimate of drug-likeness (QED) is 0.605. The summed E-state index contributed by atoms with van der Waals surface area (Å²) in [6, 6.07) is 13.6. The first kappa shape index (κ1) is 19.4. The Hall–Kier alpha value is -3.33. The molecule has 9 heteroatoms. The van der Waals surface area contributed by atoms with Crippen LogP contribution >= 0.6 is 11.8 Å². The van der Waals surface area contributed by atoms with Crippen LogP contribution in [0.25, 0.3) is 11.5 Å². The molecule has 2 aromatic carbocycles. The molecule has 3 rings (SSSR count). The number of rotatable bonds is 7. The number of nitrogens with one attached hydrogen (secondary N) is 1. The normalized spacial score (nSPS) is 10.4. The highest BCUT2D eigenvalue weighted by Gasteiger charge is 2.14. The molecule has 0 saturated carbocycles. The smallest absolute Gasteiger partial charge is 0.277 e. The molecule has 28 heavy (non-hydrogen) atoms. The molecule has 0 atom stereocenters. The van der Waals surface area contributed by atoms with Crippen LogP contribution in [0.2, 0.25) is 0 Å². The van der Waals surface area contributed by atoms with Gasteiger partial charge in [-0.25, -0.2) is 0 Å². The molecule has 1 N–H and O–H groups in total. The minimum Gasteiger partial charge on any atom is -0.497 e. The van der Waals surface area contributed by atoms with Crippen LogP contribution in [0.3, 0.4) is 0 Å². The number of methoxy groups -OCH3 is 2. The summed E-state index contributed by atoms with van der Waals surface area (Å²) in [5, 5.41) is 10.4. The second-order valence-electron chi connectivity index (χ2n) is 5.50. The van der Waals surface area contributed by atoms with E-state index in [4.69, 9.17) is 13.9 Å². The van der Waals surface area contributed by atoms with Crippen LogP contribution in [0, 0.1) is 0 Å². The molecule has 0 spiro atoms. The monoisotopic (exact) mass is 399 g/mol. The maximum Gasteiger partial charge on any atom is 0.277 e. The van der Waals surface area contributed by atoms with Crippen molar-refractivity contribution in [3.8, 4) is 23.0 Å². The zero-order chi connectivity index (χ0) is 19.9. The van der Waals surface area contributed by atoms with Crippen LogP contribution in [0.4, 0.5) is 0 Å². The Balaban J connectivity index is 1.52. The summed E-state index contributed by atoms with van der Waals surface area (Å²) in [6.45, 7) is 0. The van der Waals surface area contributed by atoms with Gasteiger partial charge in [0, 0.05) is 11.1 Å². The lowest BCUT2D eigenvalue weighted by Gasteiger charge is -2.04. The Labute approximate surface area is 165 Å². The number of thioether (sulfide) groups is 1. The Kier molecular flexibility index (Phi) is 6.28. The number of hydrogen-bond donors (Lipinski definition) is 1. The zero-order valence-electron chi connectivity index (χ0n) is 15.2. The first-order chi connectivity index (χ1) is 13.6. The molecule has 3 aromatic rings. The highest BCUT2D eigenvalue weighted by molar-refractivity contribution is 7.99. The number of nitrogens with zero attached hydrogens (tertiary/aromatic N) is 2. The van der Waals surface area contributed by atoms with Crippen LogP contribution in [0.5, 0.6) is 11.5 Å². The van der Waals surface area contributed by atoms with Crippen LogP contribution in [0.1, 0.15) is 10.4 Å². The molecule has 0 unspecified atom stereocenters. The average molecular weight is 399 g/mol. The standard InChI is InChI=1S/C19H17N3O5S/c1-25-14-7-3-12(4-8-14)17(24)20-16(23)11-28-19-22-21-18(27-19)13-5-9-15(26-2)10-6-13/h3-10H,11H2,1-2H3,(H,20,23,24). The molecule has 0 aliphatic heterocycles. The highest BCUT2D eigenvalue weighted by atomic mass is 32.2. The number of carbonyl (C=O) groups is 2. The van der Waals surface area contributed by atoms with E-state index < -0.39 is 11.8 Å². The molecule has 0 aliphatic rings. The third-order valence-electron chi connectivity index (χ3n) is 3.68. The van der Waals surface area contributed by atoms with Crippen molar-refractivity contribution < 1.29 is 23.5 Å². The Morgan fingerprint density at radius 1 is 0.964 bits per heavy atom. The maximum absolute atomic E-state index is 12.1. The maximum atomic E-state index is 12.1.